The minimum Gasteiger partial charge on any atom is -0.326 e. The third-order valence-corrected chi connectivity index (χ3v) is 6.45. The zero-order valence-electron chi connectivity index (χ0n) is 13.8. The number of hydrogen-bond donors (Lipinski definition) is 0. The lowest BCUT2D eigenvalue weighted by atomic mass is 9.81. The van der Waals surface area contributed by atoms with Gasteiger partial charge in [-0.05, 0) is 43.7 Å². The SMILES string of the molecule is CN(C(=O)CN1CCCC1c1cccs1)C1(C#N)CCCCC1. The minimum absolute atomic E-state index is 0.0944. The summed E-state index contributed by atoms with van der Waals surface area (Å²) in [6, 6.07) is 7.07. The third kappa shape index (κ3) is 3.29. The van der Waals surface area contributed by atoms with E-state index < -0.39 is 5.54 Å². The molecule has 1 aromatic heterocycles. The van der Waals surface area contributed by atoms with Crippen molar-refractivity contribution in [2.45, 2.75) is 56.5 Å². The number of hydrogen-bond acceptors (Lipinski definition) is 4. The summed E-state index contributed by atoms with van der Waals surface area (Å²) < 4.78 is 0. The van der Waals surface area contributed by atoms with Crippen LogP contribution in [0.1, 0.15) is 55.9 Å². The Bertz CT molecular complexity index is 572. The summed E-state index contributed by atoms with van der Waals surface area (Å²) >= 11 is 1.77. The Morgan fingerprint density at radius 3 is 2.87 bits per heavy atom. The Kier molecular flexibility index (Phi) is 5.03. The molecule has 0 bridgehead atoms. The van der Waals surface area contributed by atoms with E-state index in [0.29, 0.717) is 12.6 Å². The van der Waals surface area contributed by atoms with Gasteiger partial charge in [-0.25, -0.2) is 0 Å². The van der Waals surface area contributed by atoms with E-state index in [-0.39, 0.29) is 5.91 Å². The van der Waals surface area contributed by atoms with Crippen LogP contribution in [0.5, 0.6) is 0 Å². The normalized spacial score (nSPS) is 24.3. The van der Waals surface area contributed by atoms with Gasteiger partial charge in [-0.3, -0.25) is 9.69 Å². The fourth-order valence-electron chi connectivity index (χ4n) is 4.00. The summed E-state index contributed by atoms with van der Waals surface area (Å²) in [5, 5.41) is 11.8. The number of thiophene rings is 1. The molecule has 124 valence electrons. The first-order valence-corrected chi connectivity index (χ1v) is 9.50. The molecule has 0 radical (unpaired) electrons. The molecule has 4 nitrogen and oxygen atoms in total. The van der Waals surface area contributed by atoms with Gasteiger partial charge in [-0.15, -0.1) is 11.3 Å². The molecule has 1 aliphatic heterocycles. The summed E-state index contributed by atoms with van der Waals surface area (Å²) in [7, 11) is 1.83. The summed E-state index contributed by atoms with van der Waals surface area (Å²) in [4.78, 5) is 18.2. The fraction of sp³-hybridized carbons (Fsp3) is 0.667. The van der Waals surface area contributed by atoms with E-state index in [2.05, 4.69) is 28.5 Å². The van der Waals surface area contributed by atoms with Gasteiger partial charge in [0.15, 0.2) is 0 Å². The molecule has 2 heterocycles. The van der Waals surface area contributed by atoms with Crippen molar-refractivity contribution in [3.05, 3.63) is 22.4 Å². The van der Waals surface area contributed by atoms with Gasteiger partial charge >= 0.3 is 0 Å². The van der Waals surface area contributed by atoms with Crippen LogP contribution in [0, 0.1) is 11.3 Å². The number of rotatable bonds is 4. The number of nitriles is 1. The topological polar surface area (TPSA) is 47.3 Å². The van der Waals surface area contributed by atoms with Crippen molar-refractivity contribution >= 4 is 17.2 Å². The lowest BCUT2D eigenvalue weighted by Gasteiger charge is -2.40. The molecule has 2 aliphatic rings. The number of likely N-dealkylation sites (tertiary alicyclic amines) is 1. The first-order valence-electron chi connectivity index (χ1n) is 8.62. The Morgan fingerprint density at radius 2 is 2.22 bits per heavy atom. The van der Waals surface area contributed by atoms with Crippen molar-refractivity contribution in [2.24, 2.45) is 0 Å². The van der Waals surface area contributed by atoms with Gasteiger partial charge in [0, 0.05) is 18.0 Å². The molecule has 1 saturated heterocycles. The predicted octanol–water partition coefficient (Wildman–Crippen LogP) is 3.57. The van der Waals surface area contributed by atoms with Crippen molar-refractivity contribution in [1.82, 2.24) is 9.80 Å². The van der Waals surface area contributed by atoms with Gasteiger partial charge in [0.1, 0.15) is 5.54 Å². The van der Waals surface area contributed by atoms with Crippen molar-refractivity contribution in [2.75, 3.05) is 20.1 Å². The van der Waals surface area contributed by atoms with Crippen molar-refractivity contribution in [3.63, 3.8) is 0 Å². The number of amides is 1. The van der Waals surface area contributed by atoms with Gasteiger partial charge < -0.3 is 4.90 Å². The van der Waals surface area contributed by atoms with Crippen LogP contribution < -0.4 is 0 Å². The van der Waals surface area contributed by atoms with E-state index in [0.717, 1.165) is 45.1 Å². The highest BCUT2D eigenvalue weighted by Crippen LogP contribution is 2.36. The Hall–Kier alpha value is -1.38. The van der Waals surface area contributed by atoms with Gasteiger partial charge in [-0.2, -0.15) is 5.26 Å². The zero-order chi connectivity index (χ0) is 16.3. The molecule has 2 fully saturated rings. The second kappa shape index (κ2) is 7.02. The summed E-state index contributed by atoms with van der Waals surface area (Å²) in [6.07, 6.45) is 7.18. The molecule has 1 unspecified atom stereocenters. The van der Waals surface area contributed by atoms with E-state index in [4.69, 9.17) is 0 Å². The molecule has 5 heteroatoms. The molecule has 1 saturated carbocycles. The van der Waals surface area contributed by atoms with Gasteiger partial charge in [0.25, 0.3) is 0 Å². The van der Waals surface area contributed by atoms with Crippen LogP contribution in [-0.2, 0) is 4.79 Å². The van der Waals surface area contributed by atoms with Crippen LogP contribution in [0.25, 0.3) is 0 Å². The lowest BCUT2D eigenvalue weighted by Crippen LogP contribution is -2.52. The molecule has 1 atom stereocenters. The molecule has 0 aromatic carbocycles. The average molecular weight is 331 g/mol. The van der Waals surface area contributed by atoms with Crippen LogP contribution in [0.15, 0.2) is 17.5 Å². The monoisotopic (exact) mass is 331 g/mol. The number of carbonyl (C=O) groups is 1. The van der Waals surface area contributed by atoms with Crippen LogP contribution in [0.4, 0.5) is 0 Å². The van der Waals surface area contributed by atoms with E-state index in [1.165, 1.54) is 11.3 Å². The summed E-state index contributed by atoms with van der Waals surface area (Å²) in [5.74, 6) is 0.0944. The molecule has 1 aliphatic carbocycles. The number of carbonyl (C=O) groups excluding carboxylic acids is 1. The molecule has 0 N–H and O–H groups in total. The van der Waals surface area contributed by atoms with E-state index in [1.807, 2.05) is 7.05 Å². The van der Waals surface area contributed by atoms with Gasteiger partial charge in [0.2, 0.25) is 5.91 Å². The van der Waals surface area contributed by atoms with Crippen LogP contribution in [0.3, 0.4) is 0 Å². The largest absolute Gasteiger partial charge is 0.326 e. The van der Waals surface area contributed by atoms with E-state index in [1.54, 1.807) is 16.2 Å². The van der Waals surface area contributed by atoms with E-state index in [9.17, 15) is 10.1 Å². The number of nitrogens with zero attached hydrogens (tertiary/aromatic N) is 3. The van der Waals surface area contributed by atoms with Crippen molar-refractivity contribution < 1.29 is 4.79 Å². The van der Waals surface area contributed by atoms with Crippen LogP contribution in [-0.4, -0.2) is 41.4 Å². The average Bonchev–Trinajstić information content (AvgIpc) is 3.25. The first-order chi connectivity index (χ1) is 11.2. The molecule has 1 aromatic rings. The maximum atomic E-state index is 12.8. The molecule has 1 amide bonds. The molecule has 23 heavy (non-hydrogen) atoms. The standard InChI is InChI=1S/C18H25N3OS/c1-20(18(14-19)9-3-2-4-10-18)17(22)13-21-11-5-7-15(21)16-8-6-12-23-16/h6,8,12,15H,2-5,7,9-11,13H2,1H3. The third-order valence-electron chi connectivity index (χ3n) is 5.48. The molecular formula is C18H25N3OS. The maximum Gasteiger partial charge on any atom is 0.237 e. The second-order valence-electron chi connectivity index (χ2n) is 6.80. The maximum absolute atomic E-state index is 12.8. The van der Waals surface area contributed by atoms with Gasteiger partial charge in [-0.1, -0.05) is 25.3 Å². The smallest absolute Gasteiger partial charge is 0.237 e. The van der Waals surface area contributed by atoms with E-state index >= 15 is 0 Å². The Morgan fingerprint density at radius 1 is 1.43 bits per heavy atom. The zero-order valence-corrected chi connectivity index (χ0v) is 14.6. The minimum atomic E-state index is -0.576. The van der Waals surface area contributed by atoms with Crippen LogP contribution >= 0.6 is 11.3 Å². The quantitative estimate of drug-likeness (QED) is 0.847. The highest BCUT2D eigenvalue weighted by atomic mass is 32.1. The molecule has 3 rings (SSSR count). The van der Waals surface area contributed by atoms with Gasteiger partial charge in [0.05, 0.1) is 12.6 Å². The molecule has 0 spiro atoms. The van der Waals surface area contributed by atoms with Crippen molar-refractivity contribution in [1.29, 1.82) is 5.26 Å². The van der Waals surface area contributed by atoms with Crippen LogP contribution in [0.2, 0.25) is 0 Å². The molecular weight excluding hydrogens is 306 g/mol. The Balaban J connectivity index is 1.67. The second-order valence-corrected chi connectivity index (χ2v) is 7.78. The lowest BCUT2D eigenvalue weighted by molar-refractivity contribution is -0.136. The van der Waals surface area contributed by atoms with Crippen molar-refractivity contribution in [3.8, 4) is 6.07 Å². The fourth-order valence-corrected chi connectivity index (χ4v) is 4.89. The number of likely N-dealkylation sites (N-methyl/N-ethyl adjacent to an activating group) is 1. The predicted molar refractivity (Wildman–Crippen MR) is 92.1 cm³/mol. The first kappa shape index (κ1) is 16.5. The highest BCUT2D eigenvalue weighted by molar-refractivity contribution is 7.10. The summed E-state index contributed by atoms with van der Waals surface area (Å²) in [6.45, 7) is 1.41. The highest BCUT2D eigenvalue weighted by Gasteiger charge is 2.40. The summed E-state index contributed by atoms with van der Waals surface area (Å²) in [5.41, 5.74) is -0.576. The Labute approximate surface area is 142 Å².